The number of pyridine rings is 1. The van der Waals surface area contributed by atoms with Crippen LogP contribution in [0.2, 0.25) is 0 Å². The van der Waals surface area contributed by atoms with Crippen molar-refractivity contribution in [3.63, 3.8) is 0 Å². The first-order valence-electron chi connectivity index (χ1n) is 16.8. The SMILES string of the molecule is CC(C)(C)CC(C)(C)c1ccc(-c2cc(-c3ccc(C(C)(C)CC(C)(C)C)cc3)cc(-c3ccc(-c4[c-]cccc4)nc3)c2)cc1.[Ir]. The number of aromatic nitrogens is 1. The topological polar surface area (TPSA) is 12.9 Å². The Hall–Kier alpha value is -3.32. The molecule has 4 aromatic carbocycles. The van der Waals surface area contributed by atoms with Crippen molar-refractivity contribution in [3.05, 3.63) is 127 Å². The van der Waals surface area contributed by atoms with Crippen molar-refractivity contribution in [3.8, 4) is 44.6 Å². The zero-order valence-corrected chi connectivity index (χ0v) is 32.5. The van der Waals surface area contributed by atoms with E-state index >= 15 is 0 Å². The molecule has 1 aromatic heterocycles. The van der Waals surface area contributed by atoms with Crippen LogP contribution in [-0.4, -0.2) is 4.98 Å². The predicted molar refractivity (Wildman–Crippen MR) is 199 cm³/mol. The van der Waals surface area contributed by atoms with Gasteiger partial charge in [-0.05, 0) is 103 Å². The molecule has 1 nitrogen and oxygen atoms in total. The second kappa shape index (κ2) is 14.0. The maximum absolute atomic E-state index is 4.83. The summed E-state index contributed by atoms with van der Waals surface area (Å²) in [5.41, 5.74) is 12.6. The molecule has 0 N–H and O–H groups in total. The Labute approximate surface area is 298 Å². The molecule has 0 aliphatic carbocycles. The van der Waals surface area contributed by atoms with Crippen molar-refractivity contribution in [2.45, 2.75) is 92.9 Å². The van der Waals surface area contributed by atoms with E-state index in [1.54, 1.807) is 0 Å². The average molecular weight is 799 g/mol. The van der Waals surface area contributed by atoms with Crippen molar-refractivity contribution in [2.24, 2.45) is 10.8 Å². The molecule has 0 aliphatic rings. The van der Waals surface area contributed by atoms with Crippen molar-refractivity contribution < 1.29 is 20.1 Å². The van der Waals surface area contributed by atoms with Crippen LogP contribution in [0, 0.1) is 16.9 Å². The Kier molecular flexibility index (Phi) is 10.9. The van der Waals surface area contributed by atoms with Crippen LogP contribution in [0.4, 0.5) is 0 Å². The van der Waals surface area contributed by atoms with E-state index in [1.165, 1.54) is 33.4 Å². The first-order valence-corrected chi connectivity index (χ1v) is 16.8. The third-order valence-electron chi connectivity index (χ3n) is 8.96. The van der Waals surface area contributed by atoms with Gasteiger partial charge in [0.1, 0.15) is 0 Å². The molecule has 0 aliphatic heterocycles. The molecule has 2 heteroatoms. The van der Waals surface area contributed by atoms with E-state index in [4.69, 9.17) is 4.98 Å². The molecule has 47 heavy (non-hydrogen) atoms. The third kappa shape index (κ3) is 9.40. The second-order valence-corrected chi connectivity index (χ2v) is 16.9. The zero-order valence-electron chi connectivity index (χ0n) is 30.1. The van der Waals surface area contributed by atoms with Gasteiger partial charge in [0.2, 0.25) is 0 Å². The monoisotopic (exact) mass is 799 g/mol. The fourth-order valence-corrected chi connectivity index (χ4v) is 7.49. The van der Waals surface area contributed by atoms with Crippen LogP contribution in [0.3, 0.4) is 0 Å². The summed E-state index contributed by atoms with van der Waals surface area (Å²) in [6, 6.07) is 41.1. The second-order valence-electron chi connectivity index (χ2n) is 16.9. The molecule has 0 amide bonds. The van der Waals surface area contributed by atoms with Crippen molar-refractivity contribution in [1.82, 2.24) is 4.98 Å². The van der Waals surface area contributed by atoms with E-state index in [-0.39, 0.29) is 41.8 Å². The van der Waals surface area contributed by atoms with Gasteiger partial charge in [0.15, 0.2) is 0 Å². The van der Waals surface area contributed by atoms with Crippen LogP contribution in [-0.2, 0) is 30.9 Å². The van der Waals surface area contributed by atoms with Gasteiger partial charge < -0.3 is 4.98 Å². The fraction of sp³-hybridized carbons (Fsp3) is 0.356. The maximum atomic E-state index is 4.83. The van der Waals surface area contributed by atoms with Crippen LogP contribution < -0.4 is 0 Å². The summed E-state index contributed by atoms with van der Waals surface area (Å²) >= 11 is 0. The fourth-order valence-electron chi connectivity index (χ4n) is 7.49. The van der Waals surface area contributed by atoms with Gasteiger partial charge in [-0.2, -0.15) is 0 Å². The van der Waals surface area contributed by atoms with Crippen LogP contribution in [0.25, 0.3) is 44.6 Å². The van der Waals surface area contributed by atoms with E-state index in [0.29, 0.717) is 0 Å². The molecule has 1 radical (unpaired) electrons. The van der Waals surface area contributed by atoms with Crippen LogP contribution in [0.5, 0.6) is 0 Å². The van der Waals surface area contributed by atoms with Gasteiger partial charge in [0, 0.05) is 26.3 Å². The van der Waals surface area contributed by atoms with Crippen LogP contribution in [0.1, 0.15) is 93.2 Å². The Balaban J connectivity index is 0.00000500. The van der Waals surface area contributed by atoms with Gasteiger partial charge in [-0.1, -0.05) is 130 Å². The van der Waals surface area contributed by atoms with Gasteiger partial charge in [-0.3, -0.25) is 0 Å². The minimum absolute atomic E-state index is 0. The average Bonchev–Trinajstić information content (AvgIpc) is 2.99. The van der Waals surface area contributed by atoms with E-state index in [0.717, 1.165) is 35.2 Å². The van der Waals surface area contributed by atoms with Crippen molar-refractivity contribution in [1.29, 1.82) is 0 Å². The zero-order chi connectivity index (χ0) is 33.3. The van der Waals surface area contributed by atoms with Crippen LogP contribution in [0.15, 0.2) is 109 Å². The van der Waals surface area contributed by atoms with E-state index in [9.17, 15) is 0 Å². The molecule has 0 spiro atoms. The van der Waals surface area contributed by atoms with Crippen molar-refractivity contribution in [2.75, 3.05) is 0 Å². The van der Waals surface area contributed by atoms with Crippen molar-refractivity contribution >= 4 is 0 Å². The molecule has 1 heterocycles. The molecule has 0 fully saturated rings. The maximum Gasteiger partial charge on any atom is 0.0239 e. The quantitative estimate of drug-likeness (QED) is 0.143. The minimum atomic E-state index is 0. The first kappa shape index (κ1) is 36.5. The number of rotatable bonds is 8. The predicted octanol–water partition coefficient (Wildman–Crippen LogP) is 13.0. The molecule has 0 saturated carbocycles. The third-order valence-corrected chi connectivity index (χ3v) is 8.96. The summed E-state index contributed by atoms with van der Waals surface area (Å²) in [4.78, 5) is 4.83. The summed E-state index contributed by atoms with van der Waals surface area (Å²) in [5, 5.41) is 0. The summed E-state index contributed by atoms with van der Waals surface area (Å²) in [6.45, 7) is 23.4. The molecule has 247 valence electrons. The normalized spacial score (nSPS) is 12.5. The number of nitrogens with zero attached hydrogens (tertiary/aromatic N) is 1. The number of hydrogen-bond acceptors (Lipinski definition) is 1. The molecule has 5 aromatic rings. The first-order chi connectivity index (χ1) is 21.5. The van der Waals surface area contributed by atoms with Gasteiger partial charge in [0.25, 0.3) is 0 Å². The van der Waals surface area contributed by atoms with Gasteiger partial charge in [-0.15, -0.1) is 35.9 Å². The molecule has 0 bridgehead atoms. The smallest absolute Gasteiger partial charge is 0.0239 e. The van der Waals surface area contributed by atoms with Gasteiger partial charge in [-0.25, -0.2) is 0 Å². The Morgan fingerprint density at radius 3 is 1.28 bits per heavy atom. The standard InChI is InChI=1S/C45H52N.Ir/c1-42(2,3)30-44(7,8)39-21-16-32(17-22-39)36-26-37(33-18-23-40(24-19-33)45(9,10)31-43(4,5)6)28-38(27-36)35-20-25-41(46-29-35)34-14-12-11-13-15-34;/h11-14,16-29H,30-31H2,1-10H3;/q-1;. The van der Waals surface area contributed by atoms with Gasteiger partial charge >= 0.3 is 0 Å². The largest absolute Gasteiger partial charge is 0.304 e. The number of hydrogen-bond donors (Lipinski definition) is 0. The summed E-state index contributed by atoms with van der Waals surface area (Å²) in [6.07, 6.45) is 4.26. The Morgan fingerprint density at radius 1 is 0.489 bits per heavy atom. The summed E-state index contributed by atoms with van der Waals surface area (Å²) < 4.78 is 0. The van der Waals surface area contributed by atoms with E-state index in [1.807, 2.05) is 24.4 Å². The molecule has 5 rings (SSSR count). The molecule has 0 unspecified atom stereocenters. The molecular formula is C45H52IrN-. The summed E-state index contributed by atoms with van der Waals surface area (Å²) in [7, 11) is 0. The van der Waals surface area contributed by atoms with E-state index < -0.39 is 0 Å². The molecular weight excluding hydrogens is 747 g/mol. The van der Waals surface area contributed by atoms with Gasteiger partial charge in [0.05, 0.1) is 0 Å². The summed E-state index contributed by atoms with van der Waals surface area (Å²) in [5.74, 6) is 0. The Morgan fingerprint density at radius 2 is 0.915 bits per heavy atom. The minimum Gasteiger partial charge on any atom is -0.304 e. The van der Waals surface area contributed by atoms with Crippen LogP contribution >= 0.6 is 0 Å². The Bertz CT molecular complexity index is 1660. The molecule has 0 saturated heterocycles. The van der Waals surface area contributed by atoms with E-state index in [2.05, 4.69) is 160 Å². The molecule has 0 atom stereocenters. The number of benzene rings is 4.